The molecule has 0 aliphatic rings. The number of aryl methyl sites for hydroxylation is 1. The number of fused-ring (bicyclic) bond motifs is 1. The van der Waals surface area contributed by atoms with E-state index in [0.29, 0.717) is 16.9 Å². The molecule has 6 nitrogen and oxygen atoms in total. The molecule has 0 bridgehead atoms. The highest BCUT2D eigenvalue weighted by Crippen LogP contribution is 2.33. The summed E-state index contributed by atoms with van der Waals surface area (Å²) in [6.45, 7) is 3.49. The Hall–Kier alpha value is -3.90. The molecule has 4 rings (SSSR count). The van der Waals surface area contributed by atoms with Crippen molar-refractivity contribution in [1.29, 1.82) is 0 Å². The minimum atomic E-state index is -0.812. The van der Waals surface area contributed by atoms with E-state index in [-0.39, 0.29) is 12.5 Å². The molecule has 0 saturated heterocycles. The third-order valence-electron chi connectivity index (χ3n) is 5.52. The number of nitrogens with one attached hydrogen (secondary N) is 1. The second-order valence-corrected chi connectivity index (χ2v) is 7.84. The van der Waals surface area contributed by atoms with E-state index in [1.165, 1.54) is 6.07 Å². The summed E-state index contributed by atoms with van der Waals surface area (Å²) in [6.07, 6.45) is -1.62. The van der Waals surface area contributed by atoms with Crippen molar-refractivity contribution in [2.24, 2.45) is 0 Å². The van der Waals surface area contributed by atoms with Gasteiger partial charge in [0.2, 0.25) is 0 Å². The number of carbonyl (C=O) groups excluding carboxylic acids is 1. The van der Waals surface area contributed by atoms with Crippen LogP contribution in [-0.4, -0.2) is 23.7 Å². The third kappa shape index (κ3) is 4.96. The molecular weight excluding hydrogens is 418 g/mol. The minimum Gasteiger partial charge on any atom is -0.480 e. The molecule has 168 valence electrons. The molecule has 1 heterocycles. The molecule has 2 N–H and O–H groups in total. The molecular formula is C27H25NO5. The lowest BCUT2D eigenvalue weighted by atomic mass is 10.00. The molecule has 0 unspecified atom stereocenters. The van der Waals surface area contributed by atoms with Gasteiger partial charge >= 0.3 is 5.63 Å². The fraction of sp³-hybridized carbons (Fsp3) is 0.185. The Labute approximate surface area is 191 Å². The van der Waals surface area contributed by atoms with E-state index in [1.807, 2.05) is 54.6 Å². The van der Waals surface area contributed by atoms with Gasteiger partial charge < -0.3 is 19.6 Å². The zero-order valence-electron chi connectivity index (χ0n) is 18.4. The summed E-state index contributed by atoms with van der Waals surface area (Å²) in [6, 6.07) is 23.8. The van der Waals surface area contributed by atoms with Gasteiger partial charge in [-0.05, 0) is 42.7 Å². The van der Waals surface area contributed by atoms with Crippen LogP contribution in [0.3, 0.4) is 0 Å². The Morgan fingerprint density at radius 2 is 1.70 bits per heavy atom. The van der Waals surface area contributed by atoms with Crippen LogP contribution in [0, 0.1) is 6.92 Å². The molecule has 0 fully saturated rings. The second kappa shape index (κ2) is 9.71. The van der Waals surface area contributed by atoms with Gasteiger partial charge in [0.05, 0.1) is 6.10 Å². The topological polar surface area (TPSA) is 88.8 Å². The predicted octanol–water partition coefficient (Wildman–Crippen LogP) is 4.39. The predicted molar refractivity (Wildman–Crippen MR) is 127 cm³/mol. The minimum absolute atomic E-state index is 0.0720. The van der Waals surface area contributed by atoms with Crippen LogP contribution < -0.4 is 15.7 Å². The Morgan fingerprint density at radius 3 is 2.39 bits per heavy atom. The molecule has 6 heteroatoms. The van der Waals surface area contributed by atoms with Crippen molar-refractivity contribution in [1.82, 2.24) is 5.32 Å². The smallest absolute Gasteiger partial charge is 0.336 e. The van der Waals surface area contributed by atoms with Crippen LogP contribution in [0.2, 0.25) is 0 Å². The molecule has 0 spiro atoms. The quantitative estimate of drug-likeness (QED) is 0.414. The number of benzene rings is 3. The summed E-state index contributed by atoms with van der Waals surface area (Å²) in [5.74, 6) is 0.0890. The average Bonchev–Trinajstić information content (AvgIpc) is 2.84. The van der Waals surface area contributed by atoms with Gasteiger partial charge in [-0.3, -0.25) is 4.79 Å². The van der Waals surface area contributed by atoms with Crippen LogP contribution in [-0.2, 0) is 4.79 Å². The van der Waals surface area contributed by atoms with Crippen molar-refractivity contribution in [2.75, 3.05) is 6.54 Å². The van der Waals surface area contributed by atoms with Crippen LogP contribution in [0.1, 0.15) is 24.2 Å². The fourth-order valence-corrected chi connectivity index (χ4v) is 3.71. The largest absolute Gasteiger partial charge is 0.480 e. The highest BCUT2D eigenvalue weighted by atomic mass is 16.5. The first kappa shape index (κ1) is 22.3. The number of hydrogen-bond acceptors (Lipinski definition) is 5. The Kier molecular flexibility index (Phi) is 6.56. The van der Waals surface area contributed by atoms with Crippen molar-refractivity contribution >= 4 is 16.9 Å². The number of hydrogen-bond donors (Lipinski definition) is 2. The molecule has 0 saturated carbocycles. The third-order valence-corrected chi connectivity index (χ3v) is 5.52. The van der Waals surface area contributed by atoms with Crippen LogP contribution in [0.4, 0.5) is 0 Å². The van der Waals surface area contributed by atoms with E-state index in [2.05, 4.69) is 5.32 Å². The van der Waals surface area contributed by atoms with Crippen LogP contribution in [0.5, 0.6) is 5.75 Å². The van der Waals surface area contributed by atoms with Crippen molar-refractivity contribution in [2.45, 2.75) is 26.1 Å². The number of ether oxygens (including phenoxy) is 1. The molecule has 4 aromatic rings. The van der Waals surface area contributed by atoms with E-state index >= 15 is 0 Å². The zero-order valence-corrected chi connectivity index (χ0v) is 18.4. The molecule has 0 radical (unpaired) electrons. The van der Waals surface area contributed by atoms with Crippen LogP contribution in [0.25, 0.3) is 22.1 Å². The van der Waals surface area contributed by atoms with Crippen LogP contribution in [0.15, 0.2) is 88.1 Å². The molecule has 33 heavy (non-hydrogen) atoms. The van der Waals surface area contributed by atoms with Gasteiger partial charge in [-0.15, -0.1) is 0 Å². The molecule has 3 aromatic carbocycles. The van der Waals surface area contributed by atoms with Gasteiger partial charge in [-0.25, -0.2) is 4.79 Å². The lowest BCUT2D eigenvalue weighted by Gasteiger charge is -2.18. The van der Waals surface area contributed by atoms with Crippen LogP contribution >= 0.6 is 0 Å². The fourth-order valence-electron chi connectivity index (χ4n) is 3.71. The lowest BCUT2D eigenvalue weighted by Crippen LogP contribution is -2.38. The maximum Gasteiger partial charge on any atom is 0.336 e. The van der Waals surface area contributed by atoms with E-state index in [1.54, 1.807) is 32.0 Å². The van der Waals surface area contributed by atoms with Gasteiger partial charge in [0, 0.05) is 23.6 Å². The summed E-state index contributed by atoms with van der Waals surface area (Å²) in [7, 11) is 0. The normalized spacial score (nSPS) is 12.8. The van der Waals surface area contributed by atoms with E-state index in [4.69, 9.17) is 9.15 Å². The zero-order chi connectivity index (χ0) is 23.4. The first-order valence-corrected chi connectivity index (χ1v) is 10.7. The standard InChI is InChI=1S/C27H25NO5/c1-17-24(32-18(2)27(31)28-16-23(29)20-11-7-4-8-12-20)14-13-21-22(15-25(30)33-26(17)21)19-9-5-3-6-10-19/h3-15,18,23,29H,16H2,1-2H3,(H,28,31)/t18-,23-/m0/s1. The molecule has 2 atom stereocenters. The summed E-state index contributed by atoms with van der Waals surface area (Å²) >= 11 is 0. The van der Waals surface area contributed by atoms with Gasteiger partial charge in [-0.2, -0.15) is 0 Å². The maximum absolute atomic E-state index is 12.5. The van der Waals surface area contributed by atoms with Gasteiger partial charge in [-0.1, -0.05) is 60.7 Å². The summed E-state index contributed by atoms with van der Waals surface area (Å²) in [5, 5.41) is 13.7. The maximum atomic E-state index is 12.5. The van der Waals surface area contributed by atoms with Crippen molar-refractivity contribution in [3.8, 4) is 16.9 Å². The average molecular weight is 443 g/mol. The number of carbonyl (C=O) groups is 1. The van der Waals surface area contributed by atoms with E-state index in [9.17, 15) is 14.7 Å². The van der Waals surface area contributed by atoms with Gasteiger partial charge in [0.1, 0.15) is 11.3 Å². The summed E-state index contributed by atoms with van der Waals surface area (Å²) in [5.41, 5.74) is 3.01. The van der Waals surface area contributed by atoms with E-state index < -0.39 is 17.8 Å². The monoisotopic (exact) mass is 443 g/mol. The highest BCUT2D eigenvalue weighted by Gasteiger charge is 2.19. The molecule has 1 amide bonds. The summed E-state index contributed by atoms with van der Waals surface area (Å²) in [4.78, 5) is 24.8. The number of aliphatic hydroxyl groups is 1. The van der Waals surface area contributed by atoms with Gasteiger partial charge in [0.25, 0.3) is 5.91 Å². The summed E-state index contributed by atoms with van der Waals surface area (Å²) < 4.78 is 11.4. The Balaban J connectivity index is 1.52. The molecule has 1 aromatic heterocycles. The van der Waals surface area contributed by atoms with E-state index in [0.717, 1.165) is 22.1 Å². The lowest BCUT2D eigenvalue weighted by molar-refractivity contribution is -0.127. The first-order chi connectivity index (χ1) is 15.9. The highest BCUT2D eigenvalue weighted by molar-refractivity contribution is 5.95. The van der Waals surface area contributed by atoms with Crippen molar-refractivity contribution in [3.63, 3.8) is 0 Å². The molecule has 0 aliphatic carbocycles. The molecule has 0 aliphatic heterocycles. The Bertz CT molecular complexity index is 1320. The SMILES string of the molecule is Cc1c(O[C@@H](C)C(=O)NC[C@H](O)c2ccccc2)ccc2c(-c3ccccc3)cc(=O)oc12. The van der Waals surface area contributed by atoms with Gasteiger partial charge in [0.15, 0.2) is 6.10 Å². The van der Waals surface area contributed by atoms with Crippen molar-refractivity contribution < 1.29 is 19.1 Å². The second-order valence-electron chi connectivity index (χ2n) is 7.84. The Morgan fingerprint density at radius 1 is 1.03 bits per heavy atom. The number of rotatable bonds is 7. The number of amides is 1. The van der Waals surface area contributed by atoms with Crippen molar-refractivity contribution in [3.05, 3.63) is 100 Å². The number of aliphatic hydroxyl groups excluding tert-OH is 1. The first-order valence-electron chi connectivity index (χ1n) is 10.7.